The number of nitrogens with zero attached hydrogens (tertiary/aromatic N) is 4. The molecule has 0 aliphatic heterocycles. The van der Waals surface area contributed by atoms with Crippen molar-refractivity contribution < 1.29 is 14.4 Å². The molecule has 35 heavy (non-hydrogen) atoms. The first-order chi connectivity index (χ1) is 16.7. The van der Waals surface area contributed by atoms with Gasteiger partial charge in [-0.05, 0) is 51.1 Å². The lowest BCUT2D eigenvalue weighted by atomic mass is 10.1. The average Bonchev–Trinajstić information content (AvgIpc) is 2.83. The van der Waals surface area contributed by atoms with Crippen LogP contribution in [0, 0.1) is 0 Å². The highest BCUT2D eigenvalue weighted by atomic mass is 16.6. The van der Waals surface area contributed by atoms with Crippen molar-refractivity contribution in [2.45, 2.75) is 33.1 Å². The van der Waals surface area contributed by atoms with Crippen LogP contribution in [0.4, 0.5) is 11.5 Å². The van der Waals surface area contributed by atoms with Gasteiger partial charge in [0.2, 0.25) is 5.91 Å². The molecule has 190 valence electrons. The number of primary amides is 1. The van der Waals surface area contributed by atoms with Gasteiger partial charge < -0.3 is 20.9 Å². The second-order valence-corrected chi connectivity index (χ2v) is 8.31. The van der Waals surface area contributed by atoms with Crippen LogP contribution >= 0.6 is 0 Å². The molecule has 10 nitrogen and oxygen atoms in total. The summed E-state index contributed by atoms with van der Waals surface area (Å²) in [6, 6.07) is 7.74. The van der Waals surface area contributed by atoms with E-state index in [1.165, 1.54) is 4.90 Å². The molecule has 1 heterocycles. The predicted octanol–water partition coefficient (Wildman–Crippen LogP) is 2.04. The number of rotatable bonds is 14. The molecule has 1 aromatic heterocycles. The van der Waals surface area contributed by atoms with E-state index in [1.807, 2.05) is 63.2 Å². The maximum absolute atomic E-state index is 12.0. The van der Waals surface area contributed by atoms with E-state index in [1.54, 1.807) is 13.1 Å². The molecule has 0 radical (unpaired) electrons. The minimum absolute atomic E-state index is 0.0987. The summed E-state index contributed by atoms with van der Waals surface area (Å²) in [5, 5.41) is 3.19. The molecule has 0 saturated carbocycles. The average molecular weight is 484 g/mol. The van der Waals surface area contributed by atoms with Crippen LogP contribution in [0.3, 0.4) is 0 Å². The standard InChI is InChI=1S/C25H37N7O3/c1-6-20-21(7-2)30-25(23(29-20)24(26)34)28-19-11-8-10-18(16-19)13-15-35-27-17-32(5)22(33)12-9-14-31(3)4/h8-12,16,27H,6-7,13-15,17H2,1-5H3,(H2,26,34)(H,28,30)/b12-9+. The van der Waals surface area contributed by atoms with Crippen molar-refractivity contribution >= 4 is 23.3 Å². The number of aromatic nitrogens is 2. The van der Waals surface area contributed by atoms with Gasteiger partial charge in [-0.1, -0.05) is 32.1 Å². The van der Waals surface area contributed by atoms with Crippen molar-refractivity contribution in [3.8, 4) is 0 Å². The van der Waals surface area contributed by atoms with E-state index in [4.69, 9.17) is 10.6 Å². The van der Waals surface area contributed by atoms with E-state index in [9.17, 15) is 9.59 Å². The Hall–Kier alpha value is -3.34. The molecule has 0 fully saturated rings. The molecule has 0 spiro atoms. The van der Waals surface area contributed by atoms with E-state index >= 15 is 0 Å². The van der Waals surface area contributed by atoms with Crippen LogP contribution in [0.5, 0.6) is 0 Å². The second kappa shape index (κ2) is 14.1. The lowest BCUT2D eigenvalue weighted by Gasteiger charge is -2.16. The normalized spacial score (nSPS) is 11.3. The molecule has 2 amide bonds. The summed E-state index contributed by atoms with van der Waals surface area (Å²) in [7, 11) is 5.59. The molecule has 1 aromatic carbocycles. The Kier molecular flexibility index (Phi) is 11.3. The van der Waals surface area contributed by atoms with Crippen LogP contribution in [0.2, 0.25) is 0 Å². The van der Waals surface area contributed by atoms with Gasteiger partial charge in [-0.3, -0.25) is 14.4 Å². The summed E-state index contributed by atoms with van der Waals surface area (Å²) < 4.78 is 0. The summed E-state index contributed by atoms with van der Waals surface area (Å²) in [5.74, 6) is -0.364. The van der Waals surface area contributed by atoms with Gasteiger partial charge in [0.05, 0.1) is 24.7 Å². The van der Waals surface area contributed by atoms with Gasteiger partial charge in [0.25, 0.3) is 5.91 Å². The van der Waals surface area contributed by atoms with E-state index in [2.05, 4.69) is 20.8 Å². The molecule has 0 aliphatic rings. The molecule has 0 bridgehead atoms. The van der Waals surface area contributed by atoms with Crippen molar-refractivity contribution in [1.29, 1.82) is 0 Å². The van der Waals surface area contributed by atoms with Gasteiger partial charge in [-0.25, -0.2) is 9.97 Å². The van der Waals surface area contributed by atoms with Crippen molar-refractivity contribution in [2.75, 3.05) is 46.3 Å². The van der Waals surface area contributed by atoms with E-state index in [0.717, 1.165) is 22.6 Å². The lowest BCUT2D eigenvalue weighted by molar-refractivity contribution is -0.127. The van der Waals surface area contributed by atoms with Gasteiger partial charge in [0.1, 0.15) is 0 Å². The molecule has 10 heteroatoms. The minimum Gasteiger partial charge on any atom is -0.364 e. The molecular formula is C25H37N7O3. The number of likely N-dealkylation sites (N-methyl/N-ethyl adjacent to an activating group) is 2. The highest BCUT2D eigenvalue weighted by molar-refractivity contribution is 5.96. The summed E-state index contributed by atoms with van der Waals surface area (Å²) in [6.45, 7) is 5.37. The predicted molar refractivity (Wildman–Crippen MR) is 137 cm³/mol. The number of anilines is 2. The fraction of sp³-hybridized carbons (Fsp3) is 0.440. The number of hydroxylamine groups is 1. The Bertz CT molecular complexity index is 1020. The fourth-order valence-corrected chi connectivity index (χ4v) is 3.22. The summed E-state index contributed by atoms with van der Waals surface area (Å²) in [6.07, 6.45) is 5.40. The Morgan fingerprint density at radius 3 is 2.49 bits per heavy atom. The molecule has 4 N–H and O–H groups in total. The van der Waals surface area contributed by atoms with Crippen molar-refractivity contribution in [2.24, 2.45) is 5.73 Å². The molecule has 2 rings (SSSR count). The number of amides is 2. The third-order valence-corrected chi connectivity index (χ3v) is 5.15. The number of benzene rings is 1. The van der Waals surface area contributed by atoms with Crippen LogP contribution in [-0.2, 0) is 28.9 Å². The largest absolute Gasteiger partial charge is 0.364 e. The Morgan fingerprint density at radius 1 is 1.11 bits per heavy atom. The Labute approximate surface area is 207 Å². The van der Waals surface area contributed by atoms with Crippen LogP contribution in [0.15, 0.2) is 36.4 Å². The number of nitrogens with two attached hydrogens (primary N) is 1. The van der Waals surface area contributed by atoms with E-state index in [0.29, 0.717) is 38.2 Å². The molecule has 0 unspecified atom stereocenters. The topological polar surface area (TPSA) is 126 Å². The Balaban J connectivity index is 1.90. The third-order valence-electron chi connectivity index (χ3n) is 5.15. The number of nitrogens with one attached hydrogen (secondary N) is 2. The maximum Gasteiger partial charge on any atom is 0.271 e. The molecule has 2 aromatic rings. The second-order valence-electron chi connectivity index (χ2n) is 8.31. The smallest absolute Gasteiger partial charge is 0.271 e. The molecule has 0 atom stereocenters. The number of aryl methyl sites for hydroxylation is 2. The molecular weight excluding hydrogens is 446 g/mol. The van der Waals surface area contributed by atoms with Gasteiger partial charge in [-0.2, -0.15) is 5.48 Å². The van der Waals surface area contributed by atoms with Crippen LogP contribution < -0.4 is 16.5 Å². The molecule has 0 aliphatic carbocycles. The van der Waals surface area contributed by atoms with Gasteiger partial charge in [0, 0.05) is 25.4 Å². The van der Waals surface area contributed by atoms with Crippen molar-refractivity contribution in [3.05, 3.63) is 59.1 Å². The first kappa shape index (κ1) is 27.9. The monoisotopic (exact) mass is 483 g/mol. The maximum atomic E-state index is 12.0. The van der Waals surface area contributed by atoms with Crippen LogP contribution in [0.1, 0.15) is 41.3 Å². The first-order valence-electron chi connectivity index (χ1n) is 11.7. The number of carbonyl (C=O) groups is 2. The number of carbonyl (C=O) groups excluding carboxylic acids is 2. The van der Waals surface area contributed by atoms with Crippen molar-refractivity contribution in [3.63, 3.8) is 0 Å². The number of hydrogen-bond donors (Lipinski definition) is 3. The molecule has 0 saturated heterocycles. The van der Waals surface area contributed by atoms with Crippen LogP contribution in [-0.4, -0.2) is 72.5 Å². The quantitative estimate of drug-likeness (QED) is 0.161. The summed E-state index contributed by atoms with van der Waals surface area (Å²) in [5.41, 5.74) is 11.9. The third kappa shape index (κ3) is 9.08. The van der Waals surface area contributed by atoms with E-state index in [-0.39, 0.29) is 18.3 Å². The van der Waals surface area contributed by atoms with Crippen LogP contribution in [0.25, 0.3) is 0 Å². The Morgan fingerprint density at radius 2 is 1.83 bits per heavy atom. The highest BCUT2D eigenvalue weighted by Gasteiger charge is 2.16. The van der Waals surface area contributed by atoms with Gasteiger partial charge >= 0.3 is 0 Å². The zero-order valence-corrected chi connectivity index (χ0v) is 21.3. The number of hydrogen-bond acceptors (Lipinski definition) is 8. The van der Waals surface area contributed by atoms with Gasteiger partial charge in [0.15, 0.2) is 11.5 Å². The van der Waals surface area contributed by atoms with E-state index < -0.39 is 5.91 Å². The van der Waals surface area contributed by atoms with Crippen molar-refractivity contribution in [1.82, 2.24) is 25.2 Å². The minimum atomic E-state index is -0.621. The highest BCUT2D eigenvalue weighted by Crippen LogP contribution is 2.21. The summed E-state index contributed by atoms with van der Waals surface area (Å²) in [4.78, 5) is 42.0. The zero-order chi connectivity index (χ0) is 25.8. The fourth-order valence-electron chi connectivity index (χ4n) is 3.22. The SMILES string of the molecule is CCc1nc(Nc2cccc(CCONCN(C)C(=O)/C=C/CN(C)C)c2)c(C(N)=O)nc1CC. The lowest BCUT2D eigenvalue weighted by Crippen LogP contribution is -2.35. The summed E-state index contributed by atoms with van der Waals surface area (Å²) >= 11 is 0. The zero-order valence-electron chi connectivity index (χ0n) is 21.3. The first-order valence-corrected chi connectivity index (χ1v) is 11.7. The van der Waals surface area contributed by atoms with Gasteiger partial charge in [-0.15, -0.1) is 0 Å².